The molecule has 1 N–H and O–H groups in total. The van der Waals surface area contributed by atoms with E-state index in [2.05, 4.69) is 12.6 Å². The van der Waals surface area contributed by atoms with Crippen LogP contribution in [0.1, 0.15) is 37.2 Å². The fourth-order valence-electron chi connectivity index (χ4n) is 1.83. The number of carbonyl (C=O) groups excluding carboxylic acids is 1. The van der Waals surface area contributed by atoms with Gasteiger partial charge in [0, 0.05) is 18.6 Å². The Morgan fingerprint density at radius 3 is 2.28 bits per heavy atom. The quantitative estimate of drug-likeness (QED) is 0.562. The van der Waals surface area contributed by atoms with Crippen molar-refractivity contribution in [1.82, 2.24) is 0 Å². The van der Waals surface area contributed by atoms with Crippen molar-refractivity contribution in [2.24, 2.45) is 0 Å². The van der Waals surface area contributed by atoms with E-state index in [9.17, 15) is 9.59 Å². The van der Waals surface area contributed by atoms with Crippen molar-refractivity contribution in [1.29, 1.82) is 0 Å². The van der Waals surface area contributed by atoms with E-state index in [-0.39, 0.29) is 18.1 Å². The topological polar surface area (TPSA) is 54.4 Å². The van der Waals surface area contributed by atoms with Crippen molar-refractivity contribution in [3.63, 3.8) is 0 Å². The summed E-state index contributed by atoms with van der Waals surface area (Å²) >= 11 is 4.23. The Balaban J connectivity index is 2.46. The first kappa shape index (κ1) is 14.8. The molecule has 0 aliphatic heterocycles. The summed E-state index contributed by atoms with van der Waals surface area (Å²) < 4.78 is 0. The highest BCUT2D eigenvalue weighted by molar-refractivity contribution is 7.80. The fourth-order valence-corrected chi connectivity index (χ4v) is 2.24. The van der Waals surface area contributed by atoms with Crippen LogP contribution >= 0.6 is 12.6 Å². The maximum Gasteiger partial charge on any atom is 0.303 e. The Labute approximate surface area is 113 Å². The van der Waals surface area contributed by atoms with E-state index in [1.807, 2.05) is 30.3 Å². The summed E-state index contributed by atoms with van der Waals surface area (Å²) in [6.07, 6.45) is 1.73. The summed E-state index contributed by atoms with van der Waals surface area (Å²) in [5.74, 6) is -0.362. The van der Waals surface area contributed by atoms with Gasteiger partial charge in [-0.3, -0.25) is 9.59 Å². The maximum absolute atomic E-state index is 12.0. The number of carboxylic acid groups (broad SMARTS) is 1. The molecule has 0 heterocycles. The number of aliphatic carboxylic acids is 1. The van der Waals surface area contributed by atoms with Crippen LogP contribution in [0.3, 0.4) is 0 Å². The van der Waals surface area contributed by atoms with Crippen LogP contribution in [0.2, 0.25) is 0 Å². The van der Waals surface area contributed by atoms with E-state index < -0.39 is 5.97 Å². The highest BCUT2D eigenvalue weighted by Gasteiger charge is 2.18. The fraction of sp³-hybridized carbons (Fsp3) is 0.429. The molecule has 0 aliphatic carbocycles. The van der Waals surface area contributed by atoms with E-state index in [0.717, 1.165) is 5.56 Å². The third-order valence-electron chi connectivity index (χ3n) is 2.84. The molecule has 0 fully saturated rings. The van der Waals surface area contributed by atoms with Crippen molar-refractivity contribution in [2.45, 2.75) is 31.6 Å². The van der Waals surface area contributed by atoms with E-state index in [1.165, 1.54) is 0 Å². The normalized spacial score (nSPS) is 12.1. The number of rotatable bonds is 8. The number of carbonyl (C=O) groups is 2. The summed E-state index contributed by atoms with van der Waals surface area (Å²) in [4.78, 5) is 22.4. The van der Waals surface area contributed by atoms with Gasteiger partial charge in [0.05, 0.1) is 5.92 Å². The van der Waals surface area contributed by atoms with E-state index in [0.29, 0.717) is 25.0 Å². The molecular formula is C14H18O3S. The highest BCUT2D eigenvalue weighted by Crippen LogP contribution is 2.20. The van der Waals surface area contributed by atoms with E-state index in [1.54, 1.807) is 0 Å². The summed E-state index contributed by atoms with van der Waals surface area (Å²) in [6.45, 7) is 0. The van der Waals surface area contributed by atoms with Gasteiger partial charge in [0.2, 0.25) is 0 Å². The molecule has 0 bridgehead atoms. The molecule has 0 radical (unpaired) electrons. The van der Waals surface area contributed by atoms with E-state index in [4.69, 9.17) is 5.11 Å². The highest BCUT2D eigenvalue weighted by atomic mass is 32.1. The molecule has 0 saturated heterocycles. The van der Waals surface area contributed by atoms with Gasteiger partial charge in [0.1, 0.15) is 5.78 Å². The van der Waals surface area contributed by atoms with Crippen molar-refractivity contribution in [3.8, 4) is 0 Å². The largest absolute Gasteiger partial charge is 0.481 e. The Morgan fingerprint density at radius 2 is 1.72 bits per heavy atom. The van der Waals surface area contributed by atoms with Crippen LogP contribution in [0.5, 0.6) is 0 Å². The Hall–Kier alpha value is -1.29. The standard InChI is InChI=1S/C14H18O3S/c15-13(8-4-5-9-14(16)17)12(10-18)11-6-2-1-3-7-11/h1-3,6-7,12,18H,4-5,8-10H2,(H,16,17). The van der Waals surface area contributed by atoms with Crippen molar-refractivity contribution >= 4 is 24.4 Å². The number of Topliss-reactive ketones (excluding diaryl/α,β-unsaturated/α-hetero) is 1. The van der Waals surface area contributed by atoms with Crippen molar-refractivity contribution in [2.75, 3.05) is 5.75 Å². The number of unbranched alkanes of at least 4 members (excludes halogenated alkanes) is 1. The number of ketones is 1. The maximum atomic E-state index is 12.0. The Bertz CT molecular complexity index is 389. The van der Waals surface area contributed by atoms with Crippen LogP contribution in [0, 0.1) is 0 Å². The lowest BCUT2D eigenvalue weighted by atomic mass is 9.93. The molecule has 1 rings (SSSR count). The monoisotopic (exact) mass is 266 g/mol. The van der Waals surface area contributed by atoms with Crippen LogP contribution < -0.4 is 0 Å². The Morgan fingerprint density at radius 1 is 1.11 bits per heavy atom. The predicted octanol–water partition coefficient (Wildman–Crippen LogP) is 2.91. The van der Waals surface area contributed by atoms with Gasteiger partial charge in [-0.2, -0.15) is 12.6 Å². The third kappa shape index (κ3) is 4.92. The molecule has 1 aromatic rings. The molecule has 0 spiro atoms. The summed E-state index contributed by atoms with van der Waals surface area (Å²) in [7, 11) is 0. The number of hydrogen-bond donors (Lipinski definition) is 2. The molecule has 1 unspecified atom stereocenters. The average molecular weight is 266 g/mol. The molecule has 3 nitrogen and oxygen atoms in total. The number of benzene rings is 1. The molecule has 18 heavy (non-hydrogen) atoms. The average Bonchev–Trinajstić information content (AvgIpc) is 2.36. The minimum atomic E-state index is -0.809. The van der Waals surface area contributed by atoms with Crippen LogP contribution in [0.15, 0.2) is 30.3 Å². The van der Waals surface area contributed by atoms with Crippen molar-refractivity contribution in [3.05, 3.63) is 35.9 Å². The molecule has 0 aromatic heterocycles. The first-order valence-electron chi connectivity index (χ1n) is 6.05. The zero-order chi connectivity index (χ0) is 13.4. The van der Waals surface area contributed by atoms with Gasteiger partial charge in [-0.25, -0.2) is 0 Å². The number of thiol groups is 1. The second kappa shape index (κ2) is 7.93. The minimum absolute atomic E-state index is 0.129. The first-order chi connectivity index (χ1) is 8.65. The van der Waals surface area contributed by atoms with Crippen molar-refractivity contribution < 1.29 is 14.7 Å². The van der Waals surface area contributed by atoms with Crippen LogP contribution in [0.4, 0.5) is 0 Å². The van der Waals surface area contributed by atoms with Crippen LogP contribution in [0.25, 0.3) is 0 Å². The van der Waals surface area contributed by atoms with Gasteiger partial charge in [-0.15, -0.1) is 0 Å². The van der Waals surface area contributed by atoms with Gasteiger partial charge in [0.15, 0.2) is 0 Å². The lowest BCUT2D eigenvalue weighted by Gasteiger charge is -2.13. The minimum Gasteiger partial charge on any atom is -0.481 e. The molecule has 0 saturated carbocycles. The zero-order valence-electron chi connectivity index (χ0n) is 10.2. The smallest absolute Gasteiger partial charge is 0.303 e. The lowest BCUT2D eigenvalue weighted by Crippen LogP contribution is -2.14. The molecular weight excluding hydrogens is 248 g/mol. The summed E-state index contributed by atoms with van der Waals surface area (Å²) in [6, 6.07) is 9.58. The Kier molecular flexibility index (Phi) is 6.50. The van der Waals surface area contributed by atoms with Gasteiger partial charge < -0.3 is 5.11 Å². The molecule has 4 heteroatoms. The second-order valence-electron chi connectivity index (χ2n) is 4.21. The number of hydrogen-bond acceptors (Lipinski definition) is 3. The summed E-state index contributed by atoms with van der Waals surface area (Å²) in [5.41, 5.74) is 0.982. The zero-order valence-corrected chi connectivity index (χ0v) is 11.1. The SMILES string of the molecule is O=C(O)CCCCC(=O)C(CS)c1ccccc1. The van der Waals surface area contributed by atoms with E-state index >= 15 is 0 Å². The van der Waals surface area contributed by atoms with Crippen LogP contribution in [-0.4, -0.2) is 22.6 Å². The number of carboxylic acids is 1. The molecule has 1 atom stereocenters. The third-order valence-corrected chi connectivity index (χ3v) is 3.20. The molecule has 0 aliphatic rings. The molecule has 98 valence electrons. The van der Waals surface area contributed by atoms with Gasteiger partial charge >= 0.3 is 5.97 Å². The van der Waals surface area contributed by atoms with Crippen LogP contribution in [-0.2, 0) is 9.59 Å². The van der Waals surface area contributed by atoms with Gasteiger partial charge in [-0.1, -0.05) is 30.3 Å². The predicted molar refractivity (Wildman–Crippen MR) is 74.1 cm³/mol. The molecule has 0 amide bonds. The van der Waals surface area contributed by atoms with Gasteiger partial charge in [0.25, 0.3) is 0 Å². The second-order valence-corrected chi connectivity index (χ2v) is 4.58. The lowest BCUT2D eigenvalue weighted by molar-refractivity contribution is -0.137. The first-order valence-corrected chi connectivity index (χ1v) is 6.68. The summed E-state index contributed by atoms with van der Waals surface area (Å²) in [5, 5.41) is 8.51. The molecule has 1 aromatic carbocycles. The van der Waals surface area contributed by atoms with Gasteiger partial charge in [-0.05, 0) is 18.4 Å².